The Kier molecular flexibility index (Phi) is 3.00. The maximum Gasteiger partial charge on any atom is 0.0825 e. The number of hydrogen-bond acceptors (Lipinski definition) is 1. The second kappa shape index (κ2) is 2.98. The van der Waals surface area contributed by atoms with Gasteiger partial charge in [0.2, 0.25) is 0 Å². The summed E-state index contributed by atoms with van der Waals surface area (Å²) in [6, 6.07) is 0. The molecule has 0 unspecified atom stereocenters. The summed E-state index contributed by atoms with van der Waals surface area (Å²) in [4.78, 5) is 0. The fourth-order valence-corrected chi connectivity index (χ4v) is 2.77. The molecule has 0 amide bonds. The van der Waals surface area contributed by atoms with Crippen LogP contribution in [-0.4, -0.2) is 24.8 Å². The first-order chi connectivity index (χ1) is 4.39. The molecular formula is C6H16O3S. The lowest BCUT2D eigenvalue weighted by atomic mass is 10.6. The summed E-state index contributed by atoms with van der Waals surface area (Å²) in [6.45, 7) is 3.55. The van der Waals surface area contributed by atoms with E-state index in [0.29, 0.717) is 12.8 Å². The minimum atomic E-state index is -4.18. The first-order valence-corrected chi connectivity index (χ1v) is 5.74. The first-order valence-electron chi connectivity index (χ1n) is 3.52. The normalized spacial score (nSPS) is 16.2. The molecule has 3 nitrogen and oxygen atoms in total. The second-order valence-electron chi connectivity index (χ2n) is 2.60. The fourth-order valence-electron chi connectivity index (χ4n) is 0.923. The SMILES string of the molecule is CCCS(=O)(O)(O)CCC. The van der Waals surface area contributed by atoms with Crippen LogP contribution in [0.3, 0.4) is 0 Å². The Morgan fingerprint density at radius 3 is 1.60 bits per heavy atom. The van der Waals surface area contributed by atoms with Crippen LogP contribution >= 0.6 is 0 Å². The van der Waals surface area contributed by atoms with E-state index in [-0.39, 0.29) is 11.5 Å². The quantitative estimate of drug-likeness (QED) is 0.670. The van der Waals surface area contributed by atoms with Crippen LogP contribution in [0.4, 0.5) is 0 Å². The van der Waals surface area contributed by atoms with Crippen LogP contribution in [0.15, 0.2) is 0 Å². The molecule has 10 heavy (non-hydrogen) atoms. The van der Waals surface area contributed by atoms with Crippen LogP contribution in [0.2, 0.25) is 0 Å². The molecule has 0 spiro atoms. The van der Waals surface area contributed by atoms with Gasteiger partial charge in [0.1, 0.15) is 0 Å². The summed E-state index contributed by atoms with van der Waals surface area (Å²) in [5, 5.41) is 0. The van der Waals surface area contributed by atoms with Gasteiger partial charge in [-0.1, -0.05) is 13.8 Å². The molecule has 0 rings (SSSR count). The third-order valence-electron chi connectivity index (χ3n) is 1.23. The van der Waals surface area contributed by atoms with Gasteiger partial charge in [-0.05, 0) is 12.8 Å². The van der Waals surface area contributed by atoms with Gasteiger partial charge in [0.25, 0.3) is 0 Å². The van der Waals surface area contributed by atoms with E-state index in [9.17, 15) is 4.21 Å². The van der Waals surface area contributed by atoms with Gasteiger partial charge in [-0.25, -0.2) is 4.21 Å². The monoisotopic (exact) mass is 168 g/mol. The summed E-state index contributed by atoms with van der Waals surface area (Å²) < 4.78 is 29.3. The molecule has 0 fully saturated rings. The Hall–Kier alpha value is 0.0700. The largest absolute Gasteiger partial charge is 0.308 e. The van der Waals surface area contributed by atoms with Crippen LogP contribution < -0.4 is 0 Å². The third kappa shape index (κ3) is 3.98. The van der Waals surface area contributed by atoms with Crippen LogP contribution in [0.25, 0.3) is 0 Å². The molecule has 0 heterocycles. The summed E-state index contributed by atoms with van der Waals surface area (Å²) >= 11 is 0. The average Bonchev–Trinajstić information content (AvgIpc) is 1.61. The van der Waals surface area contributed by atoms with Gasteiger partial charge in [-0.3, -0.25) is 0 Å². The zero-order chi connectivity index (χ0) is 8.28. The van der Waals surface area contributed by atoms with Gasteiger partial charge < -0.3 is 9.11 Å². The maximum absolute atomic E-state index is 11.1. The van der Waals surface area contributed by atoms with E-state index >= 15 is 0 Å². The summed E-state index contributed by atoms with van der Waals surface area (Å²) in [5.41, 5.74) is 0. The predicted molar refractivity (Wildman–Crippen MR) is 43.7 cm³/mol. The minimum absolute atomic E-state index is 0.00500. The number of hydrogen-bond donors (Lipinski definition) is 2. The Balaban J connectivity index is 4.13. The molecule has 0 atom stereocenters. The Bertz CT molecular complexity index is 146. The molecule has 0 bridgehead atoms. The van der Waals surface area contributed by atoms with Gasteiger partial charge in [-0.2, -0.15) is 0 Å². The first kappa shape index (κ1) is 10.1. The minimum Gasteiger partial charge on any atom is -0.308 e. The van der Waals surface area contributed by atoms with Crippen LogP contribution in [0.1, 0.15) is 26.7 Å². The van der Waals surface area contributed by atoms with Crippen molar-refractivity contribution in [3.63, 3.8) is 0 Å². The second-order valence-corrected chi connectivity index (χ2v) is 5.79. The molecule has 0 radical (unpaired) electrons. The van der Waals surface area contributed by atoms with Crippen molar-refractivity contribution in [2.24, 2.45) is 0 Å². The fraction of sp³-hybridized carbons (Fsp3) is 1.00. The lowest BCUT2D eigenvalue weighted by Gasteiger charge is -2.29. The Labute approximate surface area is 61.9 Å². The maximum atomic E-state index is 11.1. The van der Waals surface area contributed by atoms with Crippen molar-refractivity contribution in [1.29, 1.82) is 0 Å². The third-order valence-corrected chi connectivity index (χ3v) is 3.69. The van der Waals surface area contributed by atoms with E-state index in [0.717, 1.165) is 0 Å². The zero-order valence-electron chi connectivity index (χ0n) is 6.54. The van der Waals surface area contributed by atoms with Gasteiger partial charge in [-0.15, -0.1) is 0 Å². The summed E-state index contributed by atoms with van der Waals surface area (Å²) in [5.74, 6) is 0.01000. The summed E-state index contributed by atoms with van der Waals surface area (Å²) in [7, 11) is -4.18. The lowest BCUT2D eigenvalue weighted by molar-refractivity contribution is 0.388. The molecule has 0 aliphatic rings. The molecule has 0 aromatic heterocycles. The predicted octanol–water partition coefficient (Wildman–Crippen LogP) is 1.57. The van der Waals surface area contributed by atoms with E-state index in [4.69, 9.17) is 9.11 Å². The van der Waals surface area contributed by atoms with Crippen LogP contribution in [-0.2, 0) is 9.63 Å². The highest BCUT2D eigenvalue weighted by atomic mass is 32.3. The molecule has 64 valence electrons. The highest BCUT2D eigenvalue weighted by molar-refractivity contribution is 8.10. The highest BCUT2D eigenvalue weighted by Crippen LogP contribution is 2.18. The van der Waals surface area contributed by atoms with Gasteiger partial charge in [0.15, 0.2) is 0 Å². The van der Waals surface area contributed by atoms with Crippen molar-refractivity contribution in [2.75, 3.05) is 11.5 Å². The van der Waals surface area contributed by atoms with Crippen molar-refractivity contribution in [2.45, 2.75) is 26.7 Å². The van der Waals surface area contributed by atoms with Gasteiger partial charge >= 0.3 is 0 Å². The van der Waals surface area contributed by atoms with E-state index in [1.165, 1.54) is 0 Å². The zero-order valence-corrected chi connectivity index (χ0v) is 7.36. The lowest BCUT2D eigenvalue weighted by Crippen LogP contribution is -2.38. The molecule has 0 aliphatic heterocycles. The van der Waals surface area contributed by atoms with Crippen molar-refractivity contribution in [1.82, 2.24) is 0 Å². The van der Waals surface area contributed by atoms with E-state index in [1.807, 2.05) is 0 Å². The van der Waals surface area contributed by atoms with Gasteiger partial charge in [0.05, 0.1) is 9.63 Å². The highest BCUT2D eigenvalue weighted by Gasteiger charge is 2.26. The van der Waals surface area contributed by atoms with Gasteiger partial charge in [0, 0.05) is 11.5 Å². The molecule has 0 aromatic carbocycles. The van der Waals surface area contributed by atoms with Crippen molar-refractivity contribution in [3.8, 4) is 0 Å². The molecule has 4 heteroatoms. The van der Waals surface area contributed by atoms with Crippen molar-refractivity contribution >= 4 is 9.63 Å². The Morgan fingerprint density at radius 1 is 1.10 bits per heavy atom. The van der Waals surface area contributed by atoms with Crippen LogP contribution in [0, 0.1) is 0 Å². The smallest absolute Gasteiger partial charge is 0.0825 e. The molecule has 0 saturated heterocycles. The molecule has 0 aliphatic carbocycles. The number of rotatable bonds is 4. The Morgan fingerprint density at radius 2 is 1.40 bits per heavy atom. The molecule has 0 aromatic rings. The van der Waals surface area contributed by atoms with E-state index in [2.05, 4.69) is 0 Å². The average molecular weight is 168 g/mol. The molecule has 0 saturated carbocycles. The summed E-state index contributed by atoms with van der Waals surface area (Å²) in [6.07, 6.45) is 1.08. The molecule has 2 N–H and O–H groups in total. The molecular weight excluding hydrogens is 152 g/mol. The van der Waals surface area contributed by atoms with E-state index in [1.54, 1.807) is 13.8 Å². The van der Waals surface area contributed by atoms with Crippen molar-refractivity contribution in [3.05, 3.63) is 0 Å². The van der Waals surface area contributed by atoms with E-state index < -0.39 is 9.63 Å². The standard InChI is InChI=1S/C6H16O3S/c1-3-5-10(7,8,9)6-4-2/h3-6H2,1-2H3,(H2,7,8,9). The van der Waals surface area contributed by atoms with Crippen LogP contribution in [0.5, 0.6) is 0 Å². The topological polar surface area (TPSA) is 57.5 Å². The van der Waals surface area contributed by atoms with Crippen molar-refractivity contribution < 1.29 is 13.3 Å².